The van der Waals surface area contributed by atoms with Crippen LogP contribution >= 0.6 is 0 Å². The highest BCUT2D eigenvalue weighted by atomic mass is 14.8. The van der Waals surface area contributed by atoms with Gasteiger partial charge < -0.3 is 0 Å². The van der Waals surface area contributed by atoms with Crippen molar-refractivity contribution in [2.45, 2.75) is 18.1 Å². The Bertz CT molecular complexity index is 5490. The van der Waals surface area contributed by atoms with Crippen LogP contribution in [-0.2, 0) is 0 Å². The van der Waals surface area contributed by atoms with Crippen molar-refractivity contribution in [2.75, 3.05) is 0 Å². The second-order valence-corrected chi connectivity index (χ2v) is 27.8. The normalized spacial score (nSPS) is 23.3. The summed E-state index contributed by atoms with van der Waals surface area (Å²) in [5, 5.41) is 0. The number of benzene rings is 6. The summed E-state index contributed by atoms with van der Waals surface area (Å²) in [6.45, 7) is 0. The molecule has 0 bridgehead atoms. The van der Waals surface area contributed by atoms with Gasteiger partial charge in [-0.2, -0.15) is 0 Å². The Morgan fingerprint density at radius 2 is 0.578 bits per heavy atom. The largest absolute Gasteiger partial charge is 0.280 e. The minimum absolute atomic E-state index is 0.102. The molecule has 1 aromatic heterocycles. The Labute approximate surface area is 595 Å². The first kappa shape index (κ1) is 59.3. The van der Waals surface area contributed by atoms with Crippen LogP contribution in [0.2, 0.25) is 0 Å². The van der Waals surface area contributed by atoms with E-state index >= 15 is 0 Å². The number of pyridine rings is 1. The lowest BCUT2D eigenvalue weighted by molar-refractivity contribution is 0.786. The molecule has 0 N–H and O–H groups in total. The van der Waals surface area contributed by atoms with Crippen LogP contribution in [0.15, 0.2) is 462 Å². The summed E-state index contributed by atoms with van der Waals surface area (Å²) in [6, 6.07) is 61.3. The number of hydrogen-bond acceptors (Lipinski definition) is 4. The summed E-state index contributed by atoms with van der Waals surface area (Å²) in [5.41, 5.74) is 41.8. The number of aromatic nitrogens is 1. The molecule has 6 unspecified atom stereocenters. The van der Waals surface area contributed by atoms with Crippen LogP contribution in [0.4, 0.5) is 0 Å². The lowest BCUT2D eigenvalue weighted by Crippen LogP contribution is -2.29. The summed E-state index contributed by atoms with van der Waals surface area (Å²) < 4.78 is 0. The van der Waals surface area contributed by atoms with Gasteiger partial charge in [-0.15, -0.1) is 0 Å². The number of rotatable bonds is 7. The van der Waals surface area contributed by atoms with Crippen molar-refractivity contribution in [1.82, 2.24) is 4.98 Å². The SMILES string of the molecule is C1=CC2=CC3=C4C(=CC=C5C=CC(c6cc(-c7ccccc7)cc(-c7ccccc7)c6)=C(C=C3)C54)C2N=C1.C1=CC2=CC3=C4C(=CC=C5C=CC(c6ccc(-c7ccccc7)cc6)=C(C=C3)C54)C2N=C1.C1=CC2=CC3=C4C(=CC=C5C=CC(c6ccc(-c7cccnc7)cc6)=C(C=C3)C54)C2N=C1. The van der Waals surface area contributed by atoms with Gasteiger partial charge in [0.2, 0.25) is 0 Å². The summed E-state index contributed by atoms with van der Waals surface area (Å²) in [7, 11) is 0. The fourth-order valence-electron chi connectivity index (χ4n) is 17.4. The van der Waals surface area contributed by atoms with Gasteiger partial charge in [0.25, 0.3) is 0 Å². The van der Waals surface area contributed by atoms with E-state index < -0.39 is 0 Å². The first-order valence-corrected chi connectivity index (χ1v) is 35.5. The second kappa shape index (κ2) is 24.6. The fourth-order valence-corrected chi connectivity index (χ4v) is 17.4. The predicted octanol–water partition coefficient (Wildman–Crippen LogP) is 22.0. The van der Waals surface area contributed by atoms with Crippen LogP contribution in [0.1, 0.15) is 16.7 Å². The predicted molar refractivity (Wildman–Crippen MR) is 423 cm³/mol. The molecule has 0 saturated carbocycles. The van der Waals surface area contributed by atoms with E-state index in [9.17, 15) is 0 Å². The maximum atomic E-state index is 4.85. The third kappa shape index (κ3) is 10.1. The fraction of sp³-hybridized carbons (Fsp3) is 0.0612. The maximum absolute atomic E-state index is 4.85. The lowest BCUT2D eigenvalue weighted by Gasteiger charge is -2.39. The molecule has 7 aromatic rings. The van der Waals surface area contributed by atoms with Gasteiger partial charge >= 0.3 is 0 Å². The first-order valence-electron chi connectivity index (χ1n) is 35.5. The Morgan fingerprint density at radius 1 is 0.245 bits per heavy atom. The molecule has 3 aliphatic heterocycles. The van der Waals surface area contributed by atoms with Crippen LogP contribution in [0.5, 0.6) is 0 Å². The van der Waals surface area contributed by atoms with Gasteiger partial charge in [0.15, 0.2) is 0 Å². The van der Waals surface area contributed by atoms with Crippen molar-refractivity contribution in [1.29, 1.82) is 0 Å². The van der Waals surface area contributed by atoms with Crippen LogP contribution in [0, 0.1) is 17.8 Å². The van der Waals surface area contributed by atoms with Crippen LogP contribution in [0.3, 0.4) is 0 Å². The topological polar surface area (TPSA) is 50.0 Å². The Hall–Kier alpha value is -12.8. The van der Waals surface area contributed by atoms with E-state index in [-0.39, 0.29) is 30.0 Å². The molecule has 0 radical (unpaired) electrons. The van der Waals surface area contributed by atoms with E-state index in [1.165, 1.54) is 173 Å². The smallest absolute Gasteiger partial charge is 0.100 e. The molecule has 0 saturated heterocycles. The van der Waals surface area contributed by atoms with Crippen molar-refractivity contribution >= 4 is 35.4 Å². The van der Waals surface area contributed by atoms with Gasteiger partial charge in [-0.1, -0.05) is 273 Å². The van der Waals surface area contributed by atoms with Gasteiger partial charge in [-0.3, -0.25) is 20.0 Å². The van der Waals surface area contributed by atoms with Gasteiger partial charge in [-0.05, 0) is 239 Å². The van der Waals surface area contributed by atoms with Crippen LogP contribution in [0.25, 0.3) is 61.2 Å². The number of hydrogen-bond donors (Lipinski definition) is 0. The molecule has 0 amide bonds. The zero-order valence-electron chi connectivity index (χ0n) is 55.9. The standard InChI is InChI=1S/C37H25N.C31H21N.C30H20N2/c1-3-8-24(9-4-1)29-21-30(25-10-5-2-6-11-25)23-31(22-29)32-16-13-26-14-18-34-36-27(15-17-33(32)35(26)36)20-28-12-7-19-38-37(28)34;1-2-5-20(6-3-1)21-8-10-22(11-9-21)26-15-12-23-13-17-28-30-24(14-16-27(26)29(23)30)19-25-7-4-18-32-31(25)28;1-4-24(18-31-15-1)19-5-7-20(8-6-19)25-12-9-21-10-14-27-29-22(11-13-26(25)28(21)29)17-23-3-2-16-32-30(23)27/h1-23,35,37H;1-19,29,31H;1-18,28,30H. The first-order chi connectivity index (χ1) is 50.6. The molecule has 102 heavy (non-hydrogen) atoms. The third-order valence-electron chi connectivity index (χ3n) is 22.2. The zero-order valence-corrected chi connectivity index (χ0v) is 55.9. The molecule has 6 aromatic carbocycles. The summed E-state index contributed by atoms with van der Waals surface area (Å²) in [5.74, 6) is 0.823. The van der Waals surface area contributed by atoms with Crippen LogP contribution < -0.4 is 0 Å². The van der Waals surface area contributed by atoms with E-state index in [2.05, 4.69) is 315 Å². The molecule has 22 rings (SSSR count). The van der Waals surface area contributed by atoms with Crippen molar-refractivity contribution in [3.8, 4) is 44.5 Å². The van der Waals surface area contributed by atoms with E-state index in [1.54, 1.807) is 0 Å². The van der Waals surface area contributed by atoms with Crippen molar-refractivity contribution in [3.05, 3.63) is 463 Å². The Morgan fingerprint density at radius 3 is 0.961 bits per heavy atom. The molecule has 4 nitrogen and oxygen atoms in total. The molecule has 478 valence electrons. The Balaban J connectivity index is 0.000000103. The molecule has 0 spiro atoms. The highest BCUT2D eigenvalue weighted by Crippen LogP contribution is 2.55. The molecule has 15 aliphatic rings. The quantitative estimate of drug-likeness (QED) is 0.157. The van der Waals surface area contributed by atoms with E-state index in [1.807, 2.05) is 55.3 Å². The van der Waals surface area contributed by atoms with E-state index in [4.69, 9.17) is 15.0 Å². The highest BCUT2D eigenvalue weighted by molar-refractivity contribution is 5.93. The van der Waals surface area contributed by atoms with Gasteiger partial charge in [0, 0.05) is 48.8 Å². The maximum Gasteiger partial charge on any atom is 0.100 e. The summed E-state index contributed by atoms with van der Waals surface area (Å²) in [4.78, 5) is 18.7. The number of dihydropyridines is 3. The summed E-state index contributed by atoms with van der Waals surface area (Å²) >= 11 is 0. The average Bonchev–Trinajstić information content (AvgIpc) is 0.734. The van der Waals surface area contributed by atoms with Gasteiger partial charge in [0.05, 0.1) is 0 Å². The van der Waals surface area contributed by atoms with E-state index in [0.717, 1.165) is 5.56 Å². The number of nitrogens with zero attached hydrogens (tertiary/aromatic N) is 4. The molecule has 12 aliphatic carbocycles. The van der Waals surface area contributed by atoms with Crippen LogP contribution in [-0.4, -0.2) is 41.8 Å². The molecular weight excluding hydrogens is 1230 g/mol. The molecule has 0 fully saturated rings. The minimum Gasteiger partial charge on any atom is -0.280 e. The van der Waals surface area contributed by atoms with Gasteiger partial charge in [0.1, 0.15) is 18.1 Å². The Kier molecular flexibility index (Phi) is 14.3. The molecule has 4 heteroatoms. The third-order valence-corrected chi connectivity index (χ3v) is 22.2. The number of aliphatic imine (C=N–C) groups is 3. The number of allylic oxidation sites excluding steroid dienone is 36. The highest BCUT2D eigenvalue weighted by Gasteiger charge is 2.42. The molecule has 6 atom stereocenters. The van der Waals surface area contributed by atoms with Crippen molar-refractivity contribution < 1.29 is 0 Å². The summed E-state index contributed by atoms with van der Waals surface area (Å²) in [6.07, 6.45) is 70.7. The monoisotopic (exact) mass is 1300 g/mol. The number of fused-ring (bicyclic) bond motifs is 6. The van der Waals surface area contributed by atoms with Gasteiger partial charge in [-0.25, -0.2) is 0 Å². The molecular formula is C98H66N4. The lowest BCUT2D eigenvalue weighted by atomic mass is 9.65. The van der Waals surface area contributed by atoms with Crippen molar-refractivity contribution in [3.63, 3.8) is 0 Å². The zero-order chi connectivity index (χ0) is 67.2. The van der Waals surface area contributed by atoms with Crippen molar-refractivity contribution in [2.24, 2.45) is 32.7 Å². The van der Waals surface area contributed by atoms with E-state index in [0.29, 0.717) is 5.92 Å². The second-order valence-electron chi connectivity index (χ2n) is 27.8. The molecule has 4 heterocycles. The average molecular weight is 1300 g/mol. The minimum atomic E-state index is 0.102.